The summed E-state index contributed by atoms with van der Waals surface area (Å²) >= 11 is 12.2. The number of hydrogen-bond acceptors (Lipinski definition) is 4. The third kappa shape index (κ3) is 5.22. The van der Waals surface area contributed by atoms with E-state index in [0.717, 1.165) is 5.69 Å². The minimum absolute atomic E-state index is 0.237. The van der Waals surface area contributed by atoms with Crippen LogP contribution in [0.25, 0.3) is 5.69 Å². The quantitative estimate of drug-likeness (QED) is 0.464. The van der Waals surface area contributed by atoms with Crippen LogP contribution in [-0.4, -0.2) is 34.4 Å². The van der Waals surface area contributed by atoms with Crippen molar-refractivity contribution in [2.45, 2.75) is 6.92 Å². The predicted octanol–water partition coefficient (Wildman–Crippen LogP) is 3.37. The number of nitrogens with one attached hydrogen (secondary N) is 2. The Morgan fingerprint density at radius 3 is 2.62 bits per heavy atom. The van der Waals surface area contributed by atoms with Crippen LogP contribution in [0, 0.1) is 6.92 Å². The molecule has 29 heavy (non-hydrogen) atoms. The van der Waals surface area contributed by atoms with Crippen LogP contribution in [0.1, 0.15) is 21.6 Å². The van der Waals surface area contributed by atoms with E-state index in [9.17, 15) is 9.59 Å². The lowest BCUT2D eigenvalue weighted by molar-refractivity contribution is -0.120. The standard InChI is InChI=1S/C20H17Cl2N5O2/c1-13-17(19(22)27(26-13)16-8-3-2-4-9-16)11-24-25-18(28)12-23-20(29)14-6-5-7-15(21)10-14/h2-11H,12H2,1H3,(H,23,29)(H,25,28)/b24-11-. The fraction of sp³-hybridized carbons (Fsp3) is 0.100. The van der Waals surface area contributed by atoms with E-state index >= 15 is 0 Å². The molecule has 1 aromatic heterocycles. The van der Waals surface area contributed by atoms with Gasteiger partial charge in [0.25, 0.3) is 11.8 Å². The van der Waals surface area contributed by atoms with Crippen molar-refractivity contribution in [3.63, 3.8) is 0 Å². The summed E-state index contributed by atoms with van der Waals surface area (Å²) < 4.78 is 1.59. The lowest BCUT2D eigenvalue weighted by Crippen LogP contribution is -2.34. The molecule has 7 nitrogen and oxygen atoms in total. The summed E-state index contributed by atoms with van der Waals surface area (Å²) in [6, 6.07) is 15.9. The van der Waals surface area contributed by atoms with E-state index < -0.39 is 11.8 Å². The zero-order valence-electron chi connectivity index (χ0n) is 15.4. The average molecular weight is 430 g/mol. The smallest absolute Gasteiger partial charge is 0.259 e. The summed E-state index contributed by atoms with van der Waals surface area (Å²) in [7, 11) is 0. The Morgan fingerprint density at radius 1 is 1.14 bits per heavy atom. The van der Waals surface area contributed by atoms with Crippen LogP contribution in [0.5, 0.6) is 0 Å². The maximum absolute atomic E-state index is 12.0. The first kappa shape index (κ1) is 20.6. The van der Waals surface area contributed by atoms with Gasteiger partial charge in [-0.2, -0.15) is 10.2 Å². The van der Waals surface area contributed by atoms with Crippen LogP contribution >= 0.6 is 23.2 Å². The van der Waals surface area contributed by atoms with Gasteiger partial charge in [0.05, 0.1) is 29.7 Å². The topological polar surface area (TPSA) is 88.4 Å². The van der Waals surface area contributed by atoms with Crippen LogP contribution in [0.4, 0.5) is 0 Å². The first-order valence-corrected chi connectivity index (χ1v) is 9.37. The third-order valence-electron chi connectivity index (χ3n) is 3.93. The molecular formula is C20H17Cl2N5O2. The fourth-order valence-electron chi connectivity index (χ4n) is 2.50. The molecule has 0 saturated heterocycles. The van der Waals surface area contributed by atoms with E-state index in [2.05, 4.69) is 20.9 Å². The SMILES string of the molecule is Cc1nn(-c2ccccc2)c(Cl)c1/C=N\NC(=O)CNC(=O)c1cccc(Cl)c1. The lowest BCUT2D eigenvalue weighted by atomic mass is 10.2. The van der Waals surface area contributed by atoms with Gasteiger partial charge in [0.15, 0.2) is 0 Å². The molecule has 0 unspecified atom stereocenters. The van der Waals surface area contributed by atoms with Crippen molar-refractivity contribution in [2.75, 3.05) is 6.54 Å². The van der Waals surface area contributed by atoms with Crippen molar-refractivity contribution in [3.05, 3.63) is 81.6 Å². The van der Waals surface area contributed by atoms with E-state index in [4.69, 9.17) is 23.2 Å². The minimum atomic E-state index is -0.485. The van der Waals surface area contributed by atoms with E-state index in [1.165, 1.54) is 12.3 Å². The van der Waals surface area contributed by atoms with Crippen LogP contribution < -0.4 is 10.7 Å². The van der Waals surface area contributed by atoms with E-state index in [1.54, 1.807) is 29.8 Å². The summed E-state index contributed by atoms with van der Waals surface area (Å²) in [4.78, 5) is 23.9. The fourth-order valence-corrected chi connectivity index (χ4v) is 3.01. The number of para-hydroxylation sites is 1. The number of aromatic nitrogens is 2. The van der Waals surface area contributed by atoms with Gasteiger partial charge in [-0.15, -0.1) is 0 Å². The predicted molar refractivity (Wildman–Crippen MR) is 113 cm³/mol. The molecule has 2 amide bonds. The second-order valence-electron chi connectivity index (χ2n) is 6.02. The molecule has 0 bridgehead atoms. The molecule has 0 aliphatic carbocycles. The maximum Gasteiger partial charge on any atom is 0.259 e. The number of halogens is 2. The maximum atomic E-state index is 12.0. The molecule has 0 saturated carbocycles. The molecule has 0 aliphatic heterocycles. The number of aryl methyl sites for hydroxylation is 1. The zero-order valence-corrected chi connectivity index (χ0v) is 16.9. The molecule has 0 atom stereocenters. The van der Waals surface area contributed by atoms with Gasteiger partial charge >= 0.3 is 0 Å². The first-order valence-electron chi connectivity index (χ1n) is 8.62. The highest BCUT2D eigenvalue weighted by atomic mass is 35.5. The summed E-state index contributed by atoms with van der Waals surface area (Å²) in [6.45, 7) is 1.55. The van der Waals surface area contributed by atoms with Gasteiger partial charge in [0, 0.05) is 10.6 Å². The van der Waals surface area contributed by atoms with Gasteiger partial charge in [-0.3, -0.25) is 9.59 Å². The minimum Gasteiger partial charge on any atom is -0.343 e. The molecule has 148 valence electrons. The number of amides is 2. The average Bonchev–Trinajstić information content (AvgIpc) is 3.01. The van der Waals surface area contributed by atoms with Gasteiger partial charge in [-0.1, -0.05) is 47.5 Å². The van der Waals surface area contributed by atoms with Crippen molar-refractivity contribution in [1.82, 2.24) is 20.5 Å². The molecule has 3 aromatic rings. The lowest BCUT2D eigenvalue weighted by Gasteiger charge is -2.04. The van der Waals surface area contributed by atoms with Crippen molar-refractivity contribution in [3.8, 4) is 5.69 Å². The highest BCUT2D eigenvalue weighted by Gasteiger charge is 2.13. The molecular weight excluding hydrogens is 413 g/mol. The Morgan fingerprint density at radius 2 is 1.90 bits per heavy atom. The van der Waals surface area contributed by atoms with Gasteiger partial charge < -0.3 is 5.32 Å². The molecule has 0 spiro atoms. The summed E-state index contributed by atoms with van der Waals surface area (Å²) in [5.41, 5.74) is 4.77. The van der Waals surface area contributed by atoms with Crippen molar-refractivity contribution < 1.29 is 9.59 Å². The number of nitrogens with zero attached hydrogens (tertiary/aromatic N) is 3. The molecule has 2 N–H and O–H groups in total. The molecule has 2 aromatic carbocycles. The number of rotatable bonds is 6. The van der Waals surface area contributed by atoms with E-state index in [0.29, 0.717) is 27.0 Å². The van der Waals surface area contributed by atoms with Crippen LogP contribution in [-0.2, 0) is 4.79 Å². The Labute approximate surface area is 177 Å². The van der Waals surface area contributed by atoms with Gasteiger partial charge in [-0.05, 0) is 37.3 Å². The van der Waals surface area contributed by atoms with Crippen LogP contribution in [0.3, 0.4) is 0 Å². The second-order valence-corrected chi connectivity index (χ2v) is 6.82. The Bertz CT molecular complexity index is 1060. The van der Waals surface area contributed by atoms with Crippen molar-refractivity contribution in [1.29, 1.82) is 0 Å². The van der Waals surface area contributed by atoms with Crippen molar-refractivity contribution in [2.24, 2.45) is 5.10 Å². The van der Waals surface area contributed by atoms with Crippen LogP contribution in [0.2, 0.25) is 10.2 Å². The van der Waals surface area contributed by atoms with Crippen molar-refractivity contribution >= 4 is 41.2 Å². The van der Waals surface area contributed by atoms with Gasteiger partial charge in [-0.25, -0.2) is 10.1 Å². The Balaban J connectivity index is 1.58. The number of hydrogen-bond donors (Lipinski definition) is 2. The van der Waals surface area contributed by atoms with Gasteiger partial charge in [0.2, 0.25) is 0 Å². The molecule has 9 heteroatoms. The summed E-state index contributed by atoms with van der Waals surface area (Å²) in [5.74, 6) is -0.893. The normalized spacial score (nSPS) is 10.9. The highest BCUT2D eigenvalue weighted by molar-refractivity contribution is 6.32. The number of carbonyl (C=O) groups excluding carboxylic acids is 2. The summed E-state index contributed by atoms with van der Waals surface area (Å²) in [6.07, 6.45) is 1.42. The number of benzene rings is 2. The van der Waals surface area contributed by atoms with E-state index in [1.807, 2.05) is 30.3 Å². The molecule has 3 rings (SSSR count). The molecule has 0 fully saturated rings. The Hall–Kier alpha value is -3.16. The Kier molecular flexibility index (Phi) is 6.64. The number of hydrazone groups is 1. The molecule has 0 radical (unpaired) electrons. The van der Waals surface area contributed by atoms with E-state index in [-0.39, 0.29) is 6.54 Å². The van der Waals surface area contributed by atoms with Gasteiger partial charge in [0.1, 0.15) is 5.15 Å². The second kappa shape index (κ2) is 9.36. The van der Waals surface area contributed by atoms with Crippen LogP contribution in [0.15, 0.2) is 59.7 Å². The third-order valence-corrected chi connectivity index (χ3v) is 4.53. The summed E-state index contributed by atoms with van der Waals surface area (Å²) in [5, 5.41) is 11.6. The largest absolute Gasteiger partial charge is 0.343 e. The monoisotopic (exact) mass is 429 g/mol. The zero-order chi connectivity index (χ0) is 20.8. The molecule has 0 aliphatic rings. The first-order chi connectivity index (χ1) is 14.0. The molecule has 1 heterocycles. The highest BCUT2D eigenvalue weighted by Crippen LogP contribution is 2.21. The number of carbonyl (C=O) groups is 2.